The summed E-state index contributed by atoms with van der Waals surface area (Å²) in [4.78, 5) is 12.5. The van der Waals surface area contributed by atoms with E-state index in [4.69, 9.17) is 11.6 Å². The molecule has 5 heteroatoms. The van der Waals surface area contributed by atoms with Gasteiger partial charge in [-0.15, -0.1) is 0 Å². The molecule has 1 amide bonds. The molecule has 4 nitrogen and oxygen atoms in total. The Bertz CT molecular complexity index is 733. The number of hydrogen-bond acceptors (Lipinski definition) is 2. The fourth-order valence-electron chi connectivity index (χ4n) is 3.13. The fourth-order valence-corrected chi connectivity index (χ4v) is 3.25. The lowest BCUT2D eigenvalue weighted by Crippen LogP contribution is -2.16. The second-order valence-corrected chi connectivity index (χ2v) is 7.01. The van der Waals surface area contributed by atoms with E-state index in [9.17, 15) is 4.79 Å². The van der Waals surface area contributed by atoms with Crippen LogP contribution in [0.1, 0.15) is 49.2 Å². The third-order valence-corrected chi connectivity index (χ3v) is 4.74. The molecule has 1 aromatic carbocycles. The van der Waals surface area contributed by atoms with Crippen LogP contribution < -0.4 is 5.32 Å². The van der Waals surface area contributed by atoms with Crippen LogP contribution in [0.15, 0.2) is 24.3 Å². The maximum atomic E-state index is 12.5. The number of carbonyl (C=O) groups is 1. The molecular weight excluding hydrogens is 310 g/mol. The quantitative estimate of drug-likeness (QED) is 0.898. The number of hydrogen-bond donors (Lipinski definition) is 1. The Morgan fingerprint density at radius 3 is 2.52 bits per heavy atom. The normalized spacial score (nSPS) is 19.9. The van der Waals surface area contributed by atoms with Crippen molar-refractivity contribution in [2.75, 3.05) is 5.32 Å². The standard InChI is InChI=1S/C18H22ClN3O/c1-10(2)22-12(4)17(11(3)21-22)20-18(23)16-9-15(16)13-5-7-14(19)8-6-13/h5-8,10,15-16H,9H2,1-4H3,(H,20,23). The Morgan fingerprint density at radius 2 is 1.96 bits per heavy atom. The van der Waals surface area contributed by atoms with Crippen molar-refractivity contribution in [2.24, 2.45) is 5.92 Å². The van der Waals surface area contributed by atoms with Crippen molar-refractivity contribution in [3.8, 4) is 0 Å². The highest BCUT2D eigenvalue weighted by molar-refractivity contribution is 6.30. The van der Waals surface area contributed by atoms with E-state index in [-0.39, 0.29) is 17.9 Å². The smallest absolute Gasteiger partial charge is 0.228 e. The van der Waals surface area contributed by atoms with Gasteiger partial charge in [-0.2, -0.15) is 5.10 Å². The molecule has 0 saturated heterocycles. The van der Waals surface area contributed by atoms with Crippen molar-refractivity contribution in [2.45, 2.75) is 46.1 Å². The van der Waals surface area contributed by atoms with Crippen molar-refractivity contribution < 1.29 is 4.79 Å². The first-order valence-electron chi connectivity index (χ1n) is 8.00. The first-order chi connectivity index (χ1) is 10.9. The van der Waals surface area contributed by atoms with Crippen molar-refractivity contribution in [1.82, 2.24) is 9.78 Å². The summed E-state index contributed by atoms with van der Waals surface area (Å²) < 4.78 is 1.95. The Labute approximate surface area is 141 Å². The van der Waals surface area contributed by atoms with Crippen LogP contribution in [0.5, 0.6) is 0 Å². The van der Waals surface area contributed by atoms with Crippen molar-refractivity contribution in [1.29, 1.82) is 0 Å². The lowest BCUT2D eigenvalue weighted by Gasteiger charge is -2.09. The monoisotopic (exact) mass is 331 g/mol. The van der Waals surface area contributed by atoms with Crippen LogP contribution in [-0.4, -0.2) is 15.7 Å². The zero-order valence-electron chi connectivity index (χ0n) is 13.9. The number of amides is 1. The number of aryl methyl sites for hydroxylation is 1. The highest BCUT2D eigenvalue weighted by Crippen LogP contribution is 2.48. The molecule has 1 aromatic heterocycles. The summed E-state index contributed by atoms with van der Waals surface area (Å²) in [6.45, 7) is 8.11. The van der Waals surface area contributed by atoms with Gasteiger partial charge in [0.15, 0.2) is 0 Å². The minimum atomic E-state index is 0.0392. The first kappa shape index (κ1) is 16.1. The summed E-state index contributed by atoms with van der Waals surface area (Å²) in [5.41, 5.74) is 3.91. The van der Waals surface area contributed by atoms with Gasteiger partial charge in [-0.25, -0.2) is 0 Å². The van der Waals surface area contributed by atoms with Gasteiger partial charge in [0.05, 0.1) is 17.1 Å². The van der Waals surface area contributed by atoms with Gasteiger partial charge < -0.3 is 5.32 Å². The van der Waals surface area contributed by atoms with Gasteiger partial charge in [-0.1, -0.05) is 23.7 Å². The SMILES string of the molecule is Cc1nn(C(C)C)c(C)c1NC(=O)C1CC1c1ccc(Cl)cc1. The van der Waals surface area contributed by atoms with Gasteiger partial charge in [-0.3, -0.25) is 9.48 Å². The van der Waals surface area contributed by atoms with Crippen molar-refractivity contribution >= 4 is 23.2 Å². The van der Waals surface area contributed by atoms with E-state index in [1.165, 1.54) is 5.56 Å². The number of benzene rings is 1. The Hall–Kier alpha value is -1.81. The van der Waals surface area contributed by atoms with E-state index >= 15 is 0 Å². The lowest BCUT2D eigenvalue weighted by molar-refractivity contribution is -0.117. The summed E-state index contributed by atoms with van der Waals surface area (Å²) in [5.74, 6) is 0.421. The number of nitrogens with one attached hydrogen (secondary N) is 1. The molecule has 1 saturated carbocycles. The van der Waals surface area contributed by atoms with Gasteiger partial charge in [0.2, 0.25) is 5.91 Å². The van der Waals surface area contributed by atoms with Gasteiger partial charge in [-0.05, 0) is 57.7 Å². The summed E-state index contributed by atoms with van der Waals surface area (Å²) in [7, 11) is 0. The number of carbonyl (C=O) groups excluding carboxylic acids is 1. The fraction of sp³-hybridized carbons (Fsp3) is 0.444. The minimum Gasteiger partial charge on any atom is -0.323 e. The molecule has 2 atom stereocenters. The van der Waals surface area contributed by atoms with Crippen LogP contribution in [0, 0.1) is 19.8 Å². The Balaban J connectivity index is 1.71. The Kier molecular flexibility index (Phi) is 4.19. The molecule has 0 radical (unpaired) electrons. The molecular formula is C18H22ClN3O. The second kappa shape index (κ2) is 6.00. The molecule has 1 N–H and O–H groups in total. The van der Waals surface area contributed by atoms with Crippen LogP contribution in [0.4, 0.5) is 5.69 Å². The largest absolute Gasteiger partial charge is 0.323 e. The lowest BCUT2D eigenvalue weighted by atomic mass is 10.1. The highest BCUT2D eigenvalue weighted by Gasteiger charge is 2.44. The van der Waals surface area contributed by atoms with E-state index in [0.29, 0.717) is 5.92 Å². The van der Waals surface area contributed by atoms with E-state index in [1.54, 1.807) is 0 Å². The van der Waals surface area contributed by atoms with E-state index in [0.717, 1.165) is 28.5 Å². The molecule has 1 heterocycles. The molecule has 0 bridgehead atoms. The number of aromatic nitrogens is 2. The maximum absolute atomic E-state index is 12.5. The van der Waals surface area contributed by atoms with Crippen LogP contribution in [0.3, 0.4) is 0 Å². The van der Waals surface area contributed by atoms with Crippen LogP contribution in [0.25, 0.3) is 0 Å². The molecule has 0 spiro atoms. The van der Waals surface area contributed by atoms with Crippen LogP contribution in [0.2, 0.25) is 5.02 Å². The zero-order valence-corrected chi connectivity index (χ0v) is 14.7. The molecule has 2 unspecified atom stereocenters. The first-order valence-corrected chi connectivity index (χ1v) is 8.38. The van der Waals surface area contributed by atoms with Crippen LogP contribution >= 0.6 is 11.6 Å². The average molecular weight is 332 g/mol. The number of halogens is 1. The molecule has 1 aliphatic rings. The summed E-state index contributed by atoms with van der Waals surface area (Å²) in [5, 5.41) is 8.32. The van der Waals surface area contributed by atoms with Crippen molar-refractivity contribution in [3.05, 3.63) is 46.2 Å². The number of rotatable bonds is 4. The number of nitrogens with zero attached hydrogens (tertiary/aromatic N) is 2. The Morgan fingerprint density at radius 1 is 1.30 bits per heavy atom. The predicted molar refractivity (Wildman–Crippen MR) is 93.0 cm³/mol. The van der Waals surface area contributed by atoms with Gasteiger partial charge >= 0.3 is 0 Å². The summed E-state index contributed by atoms with van der Waals surface area (Å²) in [6.07, 6.45) is 0.893. The molecule has 23 heavy (non-hydrogen) atoms. The molecule has 3 rings (SSSR count). The highest BCUT2D eigenvalue weighted by atomic mass is 35.5. The molecule has 2 aromatic rings. The average Bonchev–Trinajstić information content (AvgIpc) is 3.25. The van der Waals surface area contributed by atoms with Gasteiger partial charge in [0.1, 0.15) is 0 Å². The predicted octanol–water partition coefficient (Wildman–Crippen LogP) is 4.48. The number of anilines is 1. The molecule has 1 fully saturated rings. The summed E-state index contributed by atoms with van der Waals surface area (Å²) >= 11 is 5.92. The molecule has 122 valence electrons. The minimum absolute atomic E-state index is 0.0392. The van der Waals surface area contributed by atoms with Gasteiger partial charge in [0.25, 0.3) is 0 Å². The summed E-state index contributed by atoms with van der Waals surface area (Å²) in [6, 6.07) is 8.05. The van der Waals surface area contributed by atoms with Gasteiger partial charge in [0, 0.05) is 17.0 Å². The van der Waals surface area contributed by atoms with E-state index in [2.05, 4.69) is 24.3 Å². The third kappa shape index (κ3) is 3.13. The third-order valence-electron chi connectivity index (χ3n) is 4.49. The van der Waals surface area contributed by atoms with E-state index in [1.807, 2.05) is 42.8 Å². The van der Waals surface area contributed by atoms with Crippen LogP contribution in [-0.2, 0) is 4.79 Å². The van der Waals surface area contributed by atoms with Crippen molar-refractivity contribution in [3.63, 3.8) is 0 Å². The zero-order chi connectivity index (χ0) is 16.7. The second-order valence-electron chi connectivity index (χ2n) is 6.57. The molecule has 0 aliphatic heterocycles. The molecule has 1 aliphatic carbocycles. The van der Waals surface area contributed by atoms with E-state index < -0.39 is 0 Å². The topological polar surface area (TPSA) is 46.9 Å². The maximum Gasteiger partial charge on any atom is 0.228 e.